The number of nitrogens with one attached hydrogen (secondary N) is 1. The number of nitrogens with zero attached hydrogens (tertiary/aromatic N) is 2. The summed E-state index contributed by atoms with van der Waals surface area (Å²) in [6.07, 6.45) is 1.58. The molecular weight excluding hydrogens is 385 g/mol. The smallest absolute Gasteiger partial charge is 0.326 e. The van der Waals surface area contributed by atoms with Crippen LogP contribution in [0, 0.1) is 5.82 Å². The molecule has 6 nitrogen and oxygen atoms in total. The molecule has 0 spiro atoms. The topological polar surface area (TPSA) is 63.7 Å². The van der Waals surface area contributed by atoms with Crippen molar-refractivity contribution in [3.63, 3.8) is 0 Å². The summed E-state index contributed by atoms with van der Waals surface area (Å²) < 4.78 is 24.7. The van der Waals surface area contributed by atoms with Crippen LogP contribution in [0.15, 0.2) is 54.7 Å². The maximum absolute atomic E-state index is 13.4. The summed E-state index contributed by atoms with van der Waals surface area (Å²) in [5.74, 6) is 0.767. The van der Waals surface area contributed by atoms with Crippen LogP contribution in [-0.4, -0.2) is 18.1 Å². The first-order valence-corrected chi connectivity index (χ1v) is 8.77. The van der Waals surface area contributed by atoms with Gasteiger partial charge in [-0.05, 0) is 36.4 Å². The molecule has 2 amide bonds. The average molecular weight is 400 g/mol. The number of benzene rings is 2. The van der Waals surface area contributed by atoms with Crippen LogP contribution in [0.1, 0.15) is 5.56 Å². The molecule has 8 heteroatoms. The molecular formula is C20H15ClFN3O3. The van der Waals surface area contributed by atoms with Crippen LogP contribution in [-0.2, 0) is 6.54 Å². The fraction of sp³-hybridized carbons (Fsp3) is 0.100. The molecule has 0 fully saturated rings. The lowest BCUT2D eigenvalue weighted by Crippen LogP contribution is -2.34. The van der Waals surface area contributed by atoms with Crippen molar-refractivity contribution in [1.29, 1.82) is 0 Å². The second-order valence-electron chi connectivity index (χ2n) is 6.02. The average Bonchev–Trinajstić information content (AvgIpc) is 2.87. The number of hydrogen-bond acceptors (Lipinski definition) is 4. The molecule has 3 aromatic rings. The molecule has 0 saturated carbocycles. The Hall–Kier alpha value is -3.32. The van der Waals surface area contributed by atoms with Crippen molar-refractivity contribution in [2.45, 2.75) is 6.54 Å². The number of para-hydroxylation sites is 1. The number of anilines is 2. The number of fused-ring (bicyclic) bond motifs is 2. The van der Waals surface area contributed by atoms with Crippen LogP contribution in [0.2, 0.25) is 5.02 Å². The summed E-state index contributed by atoms with van der Waals surface area (Å²) >= 11 is 5.81. The standard InChI is InChI=1S/C20H15ClFN3O3/c1-27-17-6-2-4-12-11-25(16-5-3-9-23-19(16)28-18(12)17)20(26)24-13-7-8-15(22)14(21)10-13/h2-10H,11H2,1H3,(H,24,26). The van der Waals surface area contributed by atoms with Crippen molar-refractivity contribution in [2.75, 3.05) is 17.3 Å². The Bertz CT molecular complexity index is 1060. The molecule has 0 aliphatic carbocycles. The van der Waals surface area contributed by atoms with Gasteiger partial charge in [-0.2, -0.15) is 0 Å². The minimum atomic E-state index is -0.557. The fourth-order valence-corrected chi connectivity index (χ4v) is 3.11. The number of ether oxygens (including phenoxy) is 2. The van der Waals surface area contributed by atoms with E-state index in [9.17, 15) is 9.18 Å². The number of pyridine rings is 1. The van der Waals surface area contributed by atoms with Crippen molar-refractivity contribution < 1.29 is 18.7 Å². The minimum Gasteiger partial charge on any atom is -0.493 e. The van der Waals surface area contributed by atoms with E-state index in [0.29, 0.717) is 22.9 Å². The molecule has 0 radical (unpaired) electrons. The number of hydrogen-bond donors (Lipinski definition) is 1. The van der Waals surface area contributed by atoms with Crippen LogP contribution in [0.3, 0.4) is 0 Å². The number of halogens is 2. The van der Waals surface area contributed by atoms with E-state index in [1.807, 2.05) is 12.1 Å². The number of carbonyl (C=O) groups is 1. The third kappa shape index (κ3) is 3.32. The molecule has 1 aliphatic heterocycles. The quantitative estimate of drug-likeness (QED) is 0.641. The number of methoxy groups -OCH3 is 1. The van der Waals surface area contributed by atoms with Gasteiger partial charge in [0.05, 0.1) is 18.7 Å². The lowest BCUT2D eigenvalue weighted by molar-refractivity contribution is 0.256. The first kappa shape index (κ1) is 18.1. The first-order valence-electron chi connectivity index (χ1n) is 8.39. The molecule has 0 unspecified atom stereocenters. The maximum atomic E-state index is 13.4. The number of rotatable bonds is 2. The fourth-order valence-electron chi connectivity index (χ4n) is 2.93. The van der Waals surface area contributed by atoms with Gasteiger partial charge in [-0.3, -0.25) is 4.90 Å². The summed E-state index contributed by atoms with van der Waals surface area (Å²) in [7, 11) is 1.55. The zero-order valence-corrected chi connectivity index (χ0v) is 15.5. The van der Waals surface area contributed by atoms with Crippen LogP contribution in [0.25, 0.3) is 0 Å². The summed E-state index contributed by atoms with van der Waals surface area (Å²) in [5, 5.41) is 2.65. The predicted octanol–water partition coefficient (Wildman–Crippen LogP) is 5.23. The number of urea groups is 1. The Morgan fingerprint density at radius 3 is 2.93 bits per heavy atom. The zero-order valence-electron chi connectivity index (χ0n) is 14.8. The number of amides is 2. The summed E-state index contributed by atoms with van der Waals surface area (Å²) in [6.45, 7) is 0.228. The Labute approximate surface area is 165 Å². The SMILES string of the molecule is COc1cccc2c1Oc1ncccc1N(C(=O)Nc1ccc(F)c(Cl)c1)C2. The monoisotopic (exact) mass is 399 g/mol. The van der Waals surface area contributed by atoms with E-state index in [0.717, 1.165) is 5.56 Å². The minimum absolute atomic E-state index is 0.0749. The van der Waals surface area contributed by atoms with E-state index in [1.165, 1.54) is 23.1 Å². The van der Waals surface area contributed by atoms with Gasteiger partial charge in [-0.1, -0.05) is 23.7 Å². The second kappa shape index (κ2) is 7.36. The normalized spacial score (nSPS) is 12.3. The summed E-state index contributed by atoms with van der Waals surface area (Å²) in [5.41, 5.74) is 1.62. The Morgan fingerprint density at radius 1 is 1.29 bits per heavy atom. The van der Waals surface area contributed by atoms with Crippen molar-refractivity contribution in [2.24, 2.45) is 0 Å². The van der Waals surface area contributed by atoms with Crippen molar-refractivity contribution in [1.82, 2.24) is 4.98 Å². The van der Waals surface area contributed by atoms with Gasteiger partial charge in [-0.25, -0.2) is 14.2 Å². The van der Waals surface area contributed by atoms with Crippen LogP contribution in [0.4, 0.5) is 20.6 Å². The van der Waals surface area contributed by atoms with E-state index in [-0.39, 0.29) is 17.4 Å². The van der Waals surface area contributed by atoms with Gasteiger partial charge in [-0.15, -0.1) is 0 Å². The largest absolute Gasteiger partial charge is 0.493 e. The van der Waals surface area contributed by atoms with Crippen LogP contribution in [0.5, 0.6) is 17.4 Å². The molecule has 0 saturated heterocycles. The van der Waals surface area contributed by atoms with Crippen LogP contribution < -0.4 is 19.7 Å². The molecule has 142 valence electrons. The second-order valence-corrected chi connectivity index (χ2v) is 6.43. The highest BCUT2D eigenvalue weighted by molar-refractivity contribution is 6.31. The third-order valence-corrected chi connectivity index (χ3v) is 4.56. The lowest BCUT2D eigenvalue weighted by Gasteiger charge is -2.22. The Kier molecular flexibility index (Phi) is 4.75. The zero-order chi connectivity index (χ0) is 19.7. The Morgan fingerprint density at radius 2 is 2.14 bits per heavy atom. The Balaban J connectivity index is 1.72. The molecule has 1 aliphatic rings. The van der Waals surface area contributed by atoms with E-state index < -0.39 is 11.8 Å². The third-order valence-electron chi connectivity index (χ3n) is 4.27. The molecule has 1 N–H and O–H groups in total. The van der Waals surface area contributed by atoms with Crippen LogP contribution >= 0.6 is 11.6 Å². The highest BCUT2D eigenvalue weighted by atomic mass is 35.5. The van der Waals surface area contributed by atoms with E-state index in [2.05, 4.69) is 10.3 Å². The van der Waals surface area contributed by atoms with Crippen molar-refractivity contribution in [3.8, 4) is 17.4 Å². The molecule has 2 aromatic carbocycles. The van der Waals surface area contributed by atoms with Gasteiger partial charge in [0.1, 0.15) is 11.5 Å². The van der Waals surface area contributed by atoms with Gasteiger partial charge in [0.2, 0.25) is 5.88 Å². The molecule has 1 aromatic heterocycles. The van der Waals surface area contributed by atoms with Crippen molar-refractivity contribution in [3.05, 3.63) is 71.1 Å². The number of carbonyl (C=O) groups excluding carboxylic acids is 1. The molecule has 0 bridgehead atoms. The van der Waals surface area contributed by atoms with Gasteiger partial charge in [0.25, 0.3) is 0 Å². The van der Waals surface area contributed by atoms with E-state index in [4.69, 9.17) is 21.1 Å². The molecule has 4 rings (SSSR count). The van der Waals surface area contributed by atoms with E-state index >= 15 is 0 Å². The van der Waals surface area contributed by atoms with Gasteiger partial charge >= 0.3 is 6.03 Å². The van der Waals surface area contributed by atoms with Crippen molar-refractivity contribution >= 4 is 29.0 Å². The van der Waals surface area contributed by atoms with E-state index in [1.54, 1.807) is 31.5 Å². The van der Waals surface area contributed by atoms with Gasteiger partial charge in [0, 0.05) is 17.4 Å². The summed E-state index contributed by atoms with van der Waals surface area (Å²) in [6, 6.07) is 12.4. The van der Waals surface area contributed by atoms with Gasteiger partial charge < -0.3 is 14.8 Å². The highest BCUT2D eigenvalue weighted by Gasteiger charge is 2.28. The first-order chi connectivity index (χ1) is 13.6. The number of aromatic nitrogens is 1. The highest BCUT2D eigenvalue weighted by Crippen LogP contribution is 2.42. The lowest BCUT2D eigenvalue weighted by atomic mass is 10.1. The molecule has 0 atom stereocenters. The van der Waals surface area contributed by atoms with Gasteiger partial charge in [0.15, 0.2) is 11.5 Å². The maximum Gasteiger partial charge on any atom is 0.326 e. The summed E-state index contributed by atoms with van der Waals surface area (Å²) in [4.78, 5) is 18.7. The molecule has 2 heterocycles. The molecule has 28 heavy (non-hydrogen) atoms. The predicted molar refractivity (Wildman–Crippen MR) is 104 cm³/mol.